The van der Waals surface area contributed by atoms with E-state index in [1.54, 1.807) is 0 Å². The highest BCUT2D eigenvalue weighted by molar-refractivity contribution is 5.95. The standard InChI is InChI=1S/C14H13NO/c16-11-7-5-10(6-8-11)13-9-15-14-4-2-1-3-12(13)14/h1-5,9,15H,6-8H2. The first kappa shape index (κ1) is 9.40. The number of para-hydroxylation sites is 1. The van der Waals surface area contributed by atoms with Gasteiger partial charge < -0.3 is 4.98 Å². The van der Waals surface area contributed by atoms with Crippen LogP contribution in [0.2, 0.25) is 0 Å². The Morgan fingerprint density at radius 1 is 1.12 bits per heavy atom. The molecule has 16 heavy (non-hydrogen) atoms. The quantitative estimate of drug-likeness (QED) is 0.771. The van der Waals surface area contributed by atoms with Crippen molar-refractivity contribution >= 4 is 22.3 Å². The smallest absolute Gasteiger partial charge is 0.137 e. The molecule has 3 rings (SSSR count). The van der Waals surface area contributed by atoms with Gasteiger partial charge in [-0.25, -0.2) is 0 Å². The molecule has 0 fully saturated rings. The molecule has 0 aliphatic heterocycles. The van der Waals surface area contributed by atoms with Crippen LogP contribution in [0.25, 0.3) is 16.5 Å². The maximum atomic E-state index is 11.2. The van der Waals surface area contributed by atoms with Crippen molar-refractivity contribution in [2.45, 2.75) is 19.3 Å². The van der Waals surface area contributed by atoms with Crippen molar-refractivity contribution in [1.82, 2.24) is 4.98 Å². The van der Waals surface area contributed by atoms with Crippen LogP contribution in [0.1, 0.15) is 24.8 Å². The number of hydrogen-bond donors (Lipinski definition) is 1. The molecule has 0 bridgehead atoms. The van der Waals surface area contributed by atoms with Gasteiger partial charge in [-0.15, -0.1) is 0 Å². The molecular weight excluding hydrogens is 198 g/mol. The van der Waals surface area contributed by atoms with E-state index in [1.807, 2.05) is 18.3 Å². The first-order valence-corrected chi connectivity index (χ1v) is 5.62. The summed E-state index contributed by atoms with van der Waals surface area (Å²) in [4.78, 5) is 14.5. The number of carbonyl (C=O) groups excluding carboxylic acids is 1. The molecule has 1 heterocycles. The van der Waals surface area contributed by atoms with Gasteiger partial charge >= 0.3 is 0 Å². The zero-order valence-electron chi connectivity index (χ0n) is 8.99. The third-order valence-corrected chi connectivity index (χ3v) is 3.18. The topological polar surface area (TPSA) is 32.9 Å². The maximum Gasteiger partial charge on any atom is 0.137 e. The molecule has 1 aromatic heterocycles. The minimum absolute atomic E-state index is 0.351. The van der Waals surface area contributed by atoms with Crippen molar-refractivity contribution in [3.63, 3.8) is 0 Å². The van der Waals surface area contributed by atoms with Crippen LogP contribution < -0.4 is 0 Å². The van der Waals surface area contributed by atoms with Gasteiger partial charge in [-0.2, -0.15) is 0 Å². The summed E-state index contributed by atoms with van der Waals surface area (Å²) in [6, 6.07) is 8.28. The summed E-state index contributed by atoms with van der Waals surface area (Å²) in [5.41, 5.74) is 3.72. The van der Waals surface area contributed by atoms with E-state index in [4.69, 9.17) is 0 Å². The second-order valence-electron chi connectivity index (χ2n) is 4.22. The SMILES string of the molecule is O=C1CC=C(c2c[nH]c3ccccc23)CC1. The van der Waals surface area contributed by atoms with Gasteiger partial charge in [-0.1, -0.05) is 24.3 Å². The van der Waals surface area contributed by atoms with E-state index in [0.717, 1.165) is 11.9 Å². The van der Waals surface area contributed by atoms with Crippen LogP contribution in [0, 0.1) is 0 Å². The highest BCUT2D eigenvalue weighted by Gasteiger charge is 2.14. The fourth-order valence-electron chi connectivity index (χ4n) is 2.30. The van der Waals surface area contributed by atoms with Gasteiger partial charge in [0.15, 0.2) is 0 Å². The van der Waals surface area contributed by atoms with E-state index >= 15 is 0 Å². The van der Waals surface area contributed by atoms with Crippen molar-refractivity contribution in [3.8, 4) is 0 Å². The number of ketones is 1. The molecule has 2 nitrogen and oxygen atoms in total. The maximum absolute atomic E-state index is 11.2. The van der Waals surface area contributed by atoms with Gasteiger partial charge in [-0.3, -0.25) is 4.79 Å². The number of nitrogens with one attached hydrogen (secondary N) is 1. The van der Waals surface area contributed by atoms with Crippen molar-refractivity contribution in [3.05, 3.63) is 42.1 Å². The zero-order chi connectivity index (χ0) is 11.0. The summed E-state index contributed by atoms with van der Waals surface area (Å²) < 4.78 is 0. The lowest BCUT2D eigenvalue weighted by atomic mass is 9.93. The lowest BCUT2D eigenvalue weighted by Crippen LogP contribution is -2.02. The van der Waals surface area contributed by atoms with Crippen LogP contribution in [-0.4, -0.2) is 10.8 Å². The van der Waals surface area contributed by atoms with Crippen molar-refractivity contribution in [2.75, 3.05) is 0 Å². The number of rotatable bonds is 1. The Bertz CT molecular complexity index is 577. The third-order valence-electron chi connectivity index (χ3n) is 3.18. The molecule has 0 atom stereocenters. The van der Waals surface area contributed by atoms with Gasteiger partial charge in [0.25, 0.3) is 0 Å². The summed E-state index contributed by atoms with van der Waals surface area (Å²) in [7, 11) is 0. The number of carbonyl (C=O) groups is 1. The average molecular weight is 211 g/mol. The number of Topliss-reactive ketones (excluding diaryl/α,β-unsaturated/α-hetero) is 1. The van der Waals surface area contributed by atoms with Crippen LogP contribution in [0.3, 0.4) is 0 Å². The van der Waals surface area contributed by atoms with Crippen LogP contribution >= 0.6 is 0 Å². The highest BCUT2D eigenvalue weighted by atomic mass is 16.1. The van der Waals surface area contributed by atoms with Gasteiger partial charge in [0.1, 0.15) is 5.78 Å². The van der Waals surface area contributed by atoms with Crippen molar-refractivity contribution in [2.24, 2.45) is 0 Å². The monoisotopic (exact) mass is 211 g/mol. The van der Waals surface area contributed by atoms with Gasteiger partial charge in [0.2, 0.25) is 0 Å². The summed E-state index contributed by atoms with van der Waals surface area (Å²) >= 11 is 0. The van der Waals surface area contributed by atoms with E-state index in [-0.39, 0.29) is 0 Å². The fraction of sp³-hybridized carbons (Fsp3) is 0.214. The number of hydrogen-bond acceptors (Lipinski definition) is 1. The molecular formula is C14H13NO. The largest absolute Gasteiger partial charge is 0.361 e. The Labute approximate surface area is 94.0 Å². The number of aromatic nitrogens is 1. The van der Waals surface area contributed by atoms with Crippen LogP contribution in [-0.2, 0) is 4.79 Å². The molecule has 2 heteroatoms. The minimum atomic E-state index is 0.351. The van der Waals surface area contributed by atoms with E-state index in [0.29, 0.717) is 18.6 Å². The minimum Gasteiger partial charge on any atom is -0.361 e. The first-order valence-electron chi connectivity index (χ1n) is 5.62. The fourth-order valence-corrected chi connectivity index (χ4v) is 2.30. The number of allylic oxidation sites excluding steroid dienone is 2. The third kappa shape index (κ3) is 1.47. The molecule has 0 unspecified atom stereocenters. The molecule has 1 aliphatic rings. The predicted octanol–water partition coefficient (Wildman–Crippen LogP) is 3.30. The Morgan fingerprint density at radius 2 is 2.00 bits per heavy atom. The number of benzene rings is 1. The molecule has 1 aromatic carbocycles. The first-order chi connectivity index (χ1) is 7.84. The molecule has 0 saturated carbocycles. The van der Waals surface area contributed by atoms with Crippen LogP contribution in [0.4, 0.5) is 0 Å². The molecule has 0 amide bonds. The molecule has 0 radical (unpaired) electrons. The second kappa shape index (κ2) is 3.63. The lowest BCUT2D eigenvalue weighted by Gasteiger charge is -2.11. The van der Waals surface area contributed by atoms with Crippen molar-refractivity contribution in [1.29, 1.82) is 0 Å². The number of H-pyrrole nitrogens is 1. The van der Waals surface area contributed by atoms with Crippen LogP contribution in [0.15, 0.2) is 36.5 Å². The molecule has 0 spiro atoms. The van der Waals surface area contributed by atoms with E-state index in [9.17, 15) is 4.79 Å². The molecule has 1 N–H and O–H groups in total. The average Bonchev–Trinajstić information content (AvgIpc) is 2.74. The lowest BCUT2D eigenvalue weighted by molar-refractivity contribution is -0.118. The molecule has 1 aliphatic carbocycles. The number of aromatic amines is 1. The van der Waals surface area contributed by atoms with E-state index in [1.165, 1.54) is 16.5 Å². The zero-order valence-corrected chi connectivity index (χ0v) is 8.99. The second-order valence-corrected chi connectivity index (χ2v) is 4.22. The summed E-state index contributed by atoms with van der Waals surface area (Å²) in [5, 5.41) is 1.25. The van der Waals surface area contributed by atoms with Crippen LogP contribution in [0.5, 0.6) is 0 Å². The highest BCUT2D eigenvalue weighted by Crippen LogP contribution is 2.30. The molecule has 80 valence electrons. The van der Waals surface area contributed by atoms with E-state index < -0.39 is 0 Å². The van der Waals surface area contributed by atoms with Gasteiger partial charge in [0.05, 0.1) is 0 Å². The Balaban J connectivity index is 2.09. The molecule has 0 saturated heterocycles. The summed E-state index contributed by atoms with van der Waals surface area (Å²) in [6.07, 6.45) is 6.27. The summed E-state index contributed by atoms with van der Waals surface area (Å²) in [5.74, 6) is 0.351. The predicted molar refractivity (Wildman–Crippen MR) is 65.1 cm³/mol. The Kier molecular flexibility index (Phi) is 2.13. The van der Waals surface area contributed by atoms with Gasteiger partial charge in [0, 0.05) is 35.5 Å². The number of fused-ring (bicyclic) bond motifs is 1. The summed E-state index contributed by atoms with van der Waals surface area (Å²) in [6.45, 7) is 0. The van der Waals surface area contributed by atoms with E-state index in [2.05, 4.69) is 23.2 Å². The normalized spacial score (nSPS) is 16.5. The Hall–Kier alpha value is -1.83. The van der Waals surface area contributed by atoms with Crippen molar-refractivity contribution < 1.29 is 4.79 Å². The van der Waals surface area contributed by atoms with Gasteiger partial charge in [-0.05, 0) is 18.1 Å². The Morgan fingerprint density at radius 3 is 2.81 bits per heavy atom. The molecule has 2 aromatic rings.